The second-order valence-corrected chi connectivity index (χ2v) is 10.3. The highest BCUT2D eigenvalue weighted by molar-refractivity contribution is 7.76. The van der Waals surface area contributed by atoms with E-state index in [1.54, 1.807) is 0 Å². The van der Waals surface area contributed by atoms with E-state index in [0.29, 0.717) is 35.5 Å². The Kier molecular flexibility index (Phi) is 7.34. The summed E-state index contributed by atoms with van der Waals surface area (Å²) in [7, 11) is 0. The van der Waals surface area contributed by atoms with Crippen LogP contribution in [-0.4, -0.2) is 25.2 Å². The van der Waals surface area contributed by atoms with Gasteiger partial charge in [0.05, 0.1) is 0 Å². The van der Waals surface area contributed by atoms with Crippen LogP contribution in [0, 0.1) is 35.5 Å². The maximum absolute atomic E-state index is 12.5. The molecule has 2 aliphatic carbocycles. The largest absolute Gasteiger partial charge is 0.294 e. The van der Waals surface area contributed by atoms with Crippen LogP contribution < -0.4 is 0 Å². The van der Waals surface area contributed by atoms with Gasteiger partial charge in [-0.25, -0.2) is 4.21 Å². The zero-order valence-electron chi connectivity index (χ0n) is 16.6. The van der Waals surface area contributed by atoms with Crippen molar-refractivity contribution in [2.45, 2.75) is 92.2 Å². The first-order chi connectivity index (χ1) is 11.2. The Morgan fingerprint density at radius 3 is 1.50 bits per heavy atom. The van der Waals surface area contributed by atoms with Crippen LogP contribution in [-0.2, 0) is 11.3 Å². The number of hydrogen-bond acceptors (Lipinski definition) is 1. The standard InChI is InChI=1S/C20H39NO2S/c1-13(2)17-9-7-15(5)11-19(17)21(24(22)23)20-12-16(6)8-10-18(20)14(3)4/h13-20H,7-12H2,1-6H3,(H,22,23). The second-order valence-electron chi connectivity index (χ2n) is 9.38. The van der Waals surface area contributed by atoms with E-state index in [9.17, 15) is 8.76 Å². The minimum atomic E-state index is -1.87. The first kappa shape index (κ1) is 20.4. The number of nitrogens with zero attached hydrogens (tertiary/aromatic N) is 1. The first-order valence-corrected chi connectivity index (χ1v) is 11.2. The Labute approximate surface area is 152 Å². The van der Waals surface area contributed by atoms with Gasteiger partial charge in [-0.1, -0.05) is 54.4 Å². The molecule has 142 valence electrons. The van der Waals surface area contributed by atoms with E-state index in [1.807, 2.05) is 0 Å². The van der Waals surface area contributed by atoms with Gasteiger partial charge in [-0.2, -0.15) is 4.31 Å². The van der Waals surface area contributed by atoms with Crippen LogP contribution in [0.3, 0.4) is 0 Å². The molecule has 24 heavy (non-hydrogen) atoms. The second kappa shape index (κ2) is 8.64. The van der Waals surface area contributed by atoms with Gasteiger partial charge in [0.25, 0.3) is 0 Å². The third kappa shape index (κ3) is 4.62. The topological polar surface area (TPSA) is 40.5 Å². The summed E-state index contributed by atoms with van der Waals surface area (Å²) in [5.41, 5.74) is 0. The zero-order valence-corrected chi connectivity index (χ0v) is 17.4. The molecule has 2 aliphatic rings. The molecule has 3 nitrogen and oxygen atoms in total. The molecule has 0 aromatic carbocycles. The third-order valence-corrected chi connectivity index (χ3v) is 7.71. The predicted molar refractivity (Wildman–Crippen MR) is 103 cm³/mol. The molecule has 2 fully saturated rings. The lowest BCUT2D eigenvalue weighted by molar-refractivity contribution is 0.0331. The maximum atomic E-state index is 12.5. The van der Waals surface area contributed by atoms with Crippen LogP contribution in [0.25, 0.3) is 0 Å². The molecule has 0 saturated heterocycles. The monoisotopic (exact) mass is 357 g/mol. The van der Waals surface area contributed by atoms with Crippen molar-refractivity contribution in [2.24, 2.45) is 35.5 Å². The lowest BCUT2D eigenvalue weighted by Gasteiger charge is -2.49. The van der Waals surface area contributed by atoms with Crippen LogP contribution in [0.2, 0.25) is 0 Å². The van der Waals surface area contributed by atoms with E-state index in [0.717, 1.165) is 12.8 Å². The van der Waals surface area contributed by atoms with Gasteiger partial charge in [0, 0.05) is 12.1 Å². The fourth-order valence-corrected chi connectivity index (χ4v) is 6.31. The van der Waals surface area contributed by atoms with Crippen molar-refractivity contribution in [2.75, 3.05) is 0 Å². The fourth-order valence-electron chi connectivity index (χ4n) is 5.37. The summed E-state index contributed by atoms with van der Waals surface area (Å²) >= 11 is -1.87. The highest BCUT2D eigenvalue weighted by Gasteiger charge is 2.44. The van der Waals surface area contributed by atoms with Gasteiger partial charge in [0.15, 0.2) is 0 Å². The molecule has 4 heteroatoms. The molecule has 0 aromatic heterocycles. The Balaban J connectivity index is 2.32. The molecule has 0 aromatic rings. The van der Waals surface area contributed by atoms with Crippen LogP contribution in [0.15, 0.2) is 0 Å². The normalized spacial score (nSPS) is 39.6. The van der Waals surface area contributed by atoms with Gasteiger partial charge in [0.1, 0.15) is 0 Å². The lowest BCUT2D eigenvalue weighted by Crippen LogP contribution is -2.55. The first-order valence-electron chi connectivity index (χ1n) is 10.1. The highest BCUT2D eigenvalue weighted by Crippen LogP contribution is 2.43. The Bertz CT molecular complexity index is 394. The van der Waals surface area contributed by atoms with Crippen LogP contribution in [0.4, 0.5) is 0 Å². The number of hydrogen-bond donors (Lipinski definition) is 1. The highest BCUT2D eigenvalue weighted by atomic mass is 32.2. The van der Waals surface area contributed by atoms with Crippen LogP contribution >= 0.6 is 0 Å². The summed E-state index contributed by atoms with van der Waals surface area (Å²) in [4.78, 5) is 0. The molecule has 0 amide bonds. The Hall–Kier alpha value is 0.0700. The summed E-state index contributed by atoms with van der Waals surface area (Å²) in [6.45, 7) is 13.8. The molecular formula is C20H39NO2S. The van der Waals surface area contributed by atoms with Crippen molar-refractivity contribution < 1.29 is 8.76 Å². The van der Waals surface area contributed by atoms with Crippen molar-refractivity contribution in [3.8, 4) is 0 Å². The molecule has 0 heterocycles. The molecule has 2 saturated carbocycles. The minimum Gasteiger partial charge on any atom is -0.294 e. The third-order valence-electron chi connectivity index (χ3n) is 6.81. The number of rotatable bonds is 5. The van der Waals surface area contributed by atoms with Gasteiger partial charge in [-0.3, -0.25) is 4.55 Å². The molecule has 0 aliphatic heterocycles. The molecule has 7 unspecified atom stereocenters. The molecule has 0 spiro atoms. The summed E-state index contributed by atoms with van der Waals surface area (Å²) in [5.74, 6) is 3.56. The van der Waals surface area contributed by atoms with Crippen molar-refractivity contribution in [1.29, 1.82) is 0 Å². The van der Waals surface area contributed by atoms with Crippen molar-refractivity contribution in [3.63, 3.8) is 0 Å². The summed E-state index contributed by atoms with van der Waals surface area (Å²) in [5, 5.41) is 0. The molecule has 0 radical (unpaired) electrons. The molecule has 1 N–H and O–H groups in total. The summed E-state index contributed by atoms with van der Waals surface area (Å²) in [6, 6.07) is 0.521. The van der Waals surface area contributed by atoms with Crippen molar-refractivity contribution in [1.82, 2.24) is 4.31 Å². The van der Waals surface area contributed by atoms with E-state index >= 15 is 0 Å². The summed E-state index contributed by atoms with van der Waals surface area (Å²) < 4.78 is 24.8. The van der Waals surface area contributed by atoms with E-state index in [-0.39, 0.29) is 12.1 Å². The smallest absolute Gasteiger partial charge is 0.235 e. The molecule has 7 atom stereocenters. The zero-order chi connectivity index (χ0) is 18.0. The van der Waals surface area contributed by atoms with Gasteiger partial charge in [0.2, 0.25) is 11.3 Å². The van der Waals surface area contributed by atoms with Gasteiger partial charge in [-0.05, 0) is 61.2 Å². The average molecular weight is 358 g/mol. The van der Waals surface area contributed by atoms with Crippen molar-refractivity contribution in [3.05, 3.63) is 0 Å². The van der Waals surface area contributed by atoms with Crippen LogP contribution in [0.1, 0.15) is 80.1 Å². The van der Waals surface area contributed by atoms with Gasteiger partial charge < -0.3 is 0 Å². The maximum Gasteiger partial charge on any atom is 0.235 e. The van der Waals surface area contributed by atoms with Crippen LogP contribution in [0.5, 0.6) is 0 Å². The van der Waals surface area contributed by atoms with E-state index < -0.39 is 11.3 Å². The van der Waals surface area contributed by atoms with Gasteiger partial charge >= 0.3 is 0 Å². The lowest BCUT2D eigenvalue weighted by atomic mass is 9.70. The van der Waals surface area contributed by atoms with E-state index in [4.69, 9.17) is 0 Å². The fraction of sp³-hybridized carbons (Fsp3) is 1.00. The molecular weight excluding hydrogens is 318 g/mol. The predicted octanol–water partition coefficient (Wildman–Crippen LogP) is 5.35. The van der Waals surface area contributed by atoms with Crippen molar-refractivity contribution >= 4 is 11.3 Å². The Morgan fingerprint density at radius 1 is 0.833 bits per heavy atom. The molecule has 0 bridgehead atoms. The van der Waals surface area contributed by atoms with Gasteiger partial charge in [-0.15, -0.1) is 0 Å². The minimum absolute atomic E-state index is 0.260. The van der Waals surface area contributed by atoms with E-state index in [2.05, 4.69) is 45.8 Å². The SMILES string of the molecule is CC1CCC(C(C)C)C(N(C2CC(C)CCC2C(C)C)S(=O)O)C1. The average Bonchev–Trinajstić information content (AvgIpc) is 2.46. The Morgan fingerprint density at radius 2 is 1.21 bits per heavy atom. The summed E-state index contributed by atoms with van der Waals surface area (Å²) in [6.07, 6.45) is 7.08. The van der Waals surface area contributed by atoms with E-state index in [1.165, 1.54) is 25.7 Å². The quantitative estimate of drug-likeness (QED) is 0.674. The molecule has 2 rings (SSSR count).